The predicted octanol–water partition coefficient (Wildman–Crippen LogP) is 4.46. The van der Waals surface area contributed by atoms with Gasteiger partial charge in [-0.05, 0) is 48.6 Å². The Morgan fingerprint density at radius 3 is 2.04 bits per heavy atom. The summed E-state index contributed by atoms with van der Waals surface area (Å²) in [5.74, 6) is 0.815. The van der Waals surface area contributed by atoms with Gasteiger partial charge in [0.25, 0.3) is 0 Å². The molecule has 1 amide bonds. The first-order chi connectivity index (χ1) is 11.6. The van der Waals surface area contributed by atoms with Gasteiger partial charge >= 0.3 is 0 Å². The van der Waals surface area contributed by atoms with E-state index in [-0.39, 0.29) is 11.9 Å². The second-order valence-corrected chi connectivity index (χ2v) is 5.98. The van der Waals surface area contributed by atoms with E-state index in [0.29, 0.717) is 13.0 Å². The lowest BCUT2D eigenvalue weighted by Gasteiger charge is -2.15. The van der Waals surface area contributed by atoms with Crippen LogP contribution in [0.2, 0.25) is 0 Å². The number of hydrogen-bond donors (Lipinski definition) is 1. The van der Waals surface area contributed by atoms with Gasteiger partial charge in [-0.3, -0.25) is 4.79 Å². The molecule has 2 aromatic carbocycles. The fraction of sp³-hybridized carbons (Fsp3) is 0.381. The van der Waals surface area contributed by atoms with Crippen LogP contribution in [0, 0.1) is 0 Å². The van der Waals surface area contributed by atoms with E-state index in [1.165, 1.54) is 11.1 Å². The van der Waals surface area contributed by atoms with Crippen molar-refractivity contribution in [3.8, 4) is 5.75 Å². The van der Waals surface area contributed by atoms with Gasteiger partial charge in [-0.2, -0.15) is 0 Å². The Hall–Kier alpha value is -2.29. The average molecular weight is 325 g/mol. The molecule has 128 valence electrons. The van der Waals surface area contributed by atoms with Crippen molar-refractivity contribution < 1.29 is 9.53 Å². The number of amides is 1. The third-order valence-corrected chi connectivity index (χ3v) is 4.19. The van der Waals surface area contributed by atoms with Crippen LogP contribution in [0.5, 0.6) is 5.75 Å². The van der Waals surface area contributed by atoms with Crippen molar-refractivity contribution in [3.63, 3.8) is 0 Å². The van der Waals surface area contributed by atoms with Crippen LogP contribution in [0.4, 0.5) is 0 Å². The van der Waals surface area contributed by atoms with Gasteiger partial charge < -0.3 is 10.1 Å². The highest BCUT2D eigenvalue weighted by Gasteiger charge is 2.09. The van der Waals surface area contributed by atoms with Gasteiger partial charge in [0.1, 0.15) is 5.75 Å². The topological polar surface area (TPSA) is 38.3 Å². The van der Waals surface area contributed by atoms with Crippen molar-refractivity contribution in [2.45, 2.75) is 46.1 Å². The number of hydrogen-bond acceptors (Lipinski definition) is 2. The molecule has 0 aromatic heterocycles. The molecular weight excluding hydrogens is 298 g/mol. The zero-order valence-electron chi connectivity index (χ0n) is 14.8. The molecule has 0 heterocycles. The number of rotatable bonds is 8. The zero-order valence-corrected chi connectivity index (χ0v) is 14.8. The standard InChI is InChI=1S/C21H27NO2/c1-4-17-6-10-19(11-7-17)16(3)22-21(23)14-15-24-20-12-8-18(5-2)9-13-20/h6-13,16H,4-5,14-15H2,1-3H3,(H,22,23). The molecule has 3 nitrogen and oxygen atoms in total. The number of ether oxygens (including phenoxy) is 1. The van der Waals surface area contributed by atoms with Crippen LogP contribution < -0.4 is 10.1 Å². The van der Waals surface area contributed by atoms with Gasteiger partial charge in [0.05, 0.1) is 19.1 Å². The van der Waals surface area contributed by atoms with Crippen LogP contribution in [0.3, 0.4) is 0 Å². The summed E-state index contributed by atoms with van der Waals surface area (Å²) < 4.78 is 5.63. The second-order valence-electron chi connectivity index (χ2n) is 5.98. The van der Waals surface area contributed by atoms with Crippen molar-refractivity contribution in [1.29, 1.82) is 0 Å². The van der Waals surface area contributed by atoms with Crippen LogP contribution in [0.1, 0.15) is 49.9 Å². The van der Waals surface area contributed by atoms with E-state index in [1.54, 1.807) is 0 Å². The molecule has 0 saturated heterocycles. The van der Waals surface area contributed by atoms with E-state index in [0.717, 1.165) is 24.2 Å². The summed E-state index contributed by atoms with van der Waals surface area (Å²) in [6.07, 6.45) is 2.39. The Labute approximate surface area is 145 Å². The first-order valence-corrected chi connectivity index (χ1v) is 8.72. The molecule has 0 aliphatic heterocycles. The first kappa shape index (κ1) is 18.1. The molecule has 1 N–H and O–H groups in total. The highest BCUT2D eigenvalue weighted by atomic mass is 16.5. The molecule has 1 atom stereocenters. The molecule has 24 heavy (non-hydrogen) atoms. The van der Waals surface area contributed by atoms with E-state index in [4.69, 9.17) is 4.74 Å². The Morgan fingerprint density at radius 2 is 1.50 bits per heavy atom. The summed E-state index contributed by atoms with van der Waals surface area (Å²) >= 11 is 0. The fourth-order valence-electron chi connectivity index (χ4n) is 2.52. The highest BCUT2D eigenvalue weighted by Crippen LogP contribution is 2.15. The molecular formula is C21H27NO2. The number of carbonyl (C=O) groups excluding carboxylic acids is 1. The van der Waals surface area contributed by atoms with Crippen LogP contribution in [0.15, 0.2) is 48.5 Å². The number of carbonyl (C=O) groups is 1. The third-order valence-electron chi connectivity index (χ3n) is 4.19. The van der Waals surface area contributed by atoms with E-state index >= 15 is 0 Å². The Balaban J connectivity index is 1.75. The maximum atomic E-state index is 12.0. The largest absolute Gasteiger partial charge is 0.493 e. The third kappa shape index (κ3) is 5.41. The van der Waals surface area contributed by atoms with Gasteiger partial charge in [-0.25, -0.2) is 0 Å². The van der Waals surface area contributed by atoms with Crippen LogP contribution in [-0.2, 0) is 17.6 Å². The summed E-state index contributed by atoms with van der Waals surface area (Å²) in [5.41, 5.74) is 3.71. The second kappa shape index (κ2) is 9.11. The van der Waals surface area contributed by atoms with Crippen molar-refractivity contribution in [2.75, 3.05) is 6.61 Å². The SMILES string of the molecule is CCc1ccc(OCCC(=O)NC(C)c2ccc(CC)cc2)cc1. The molecule has 2 rings (SSSR count). The first-order valence-electron chi connectivity index (χ1n) is 8.72. The lowest BCUT2D eigenvalue weighted by atomic mass is 10.0. The normalized spacial score (nSPS) is 11.8. The van der Waals surface area contributed by atoms with Crippen molar-refractivity contribution in [2.24, 2.45) is 0 Å². The fourth-order valence-corrected chi connectivity index (χ4v) is 2.52. The average Bonchev–Trinajstić information content (AvgIpc) is 2.62. The van der Waals surface area contributed by atoms with Crippen molar-refractivity contribution >= 4 is 5.91 Å². The van der Waals surface area contributed by atoms with Gasteiger partial charge in [0, 0.05) is 0 Å². The maximum Gasteiger partial charge on any atom is 0.223 e. The van der Waals surface area contributed by atoms with Crippen molar-refractivity contribution in [1.82, 2.24) is 5.32 Å². The smallest absolute Gasteiger partial charge is 0.223 e. The van der Waals surface area contributed by atoms with Crippen LogP contribution >= 0.6 is 0 Å². The molecule has 0 bridgehead atoms. The molecule has 0 aliphatic carbocycles. The van der Waals surface area contributed by atoms with Gasteiger partial charge in [0.15, 0.2) is 0 Å². The zero-order chi connectivity index (χ0) is 17.4. The van der Waals surface area contributed by atoms with E-state index in [2.05, 4.69) is 55.6 Å². The molecule has 0 radical (unpaired) electrons. The Bertz CT molecular complexity index is 632. The minimum absolute atomic E-state index is 0.00671. The molecule has 1 unspecified atom stereocenters. The van der Waals surface area contributed by atoms with Crippen LogP contribution in [0.25, 0.3) is 0 Å². The Kier molecular flexibility index (Phi) is 6.86. The monoisotopic (exact) mass is 325 g/mol. The van der Waals surface area contributed by atoms with E-state index in [9.17, 15) is 4.79 Å². The summed E-state index contributed by atoms with van der Waals surface area (Å²) in [6, 6.07) is 16.4. The lowest BCUT2D eigenvalue weighted by molar-refractivity contribution is -0.122. The minimum atomic E-state index is 0.00671. The summed E-state index contributed by atoms with van der Waals surface area (Å²) in [7, 11) is 0. The summed E-state index contributed by atoms with van der Waals surface area (Å²) in [4.78, 5) is 12.0. The lowest BCUT2D eigenvalue weighted by Crippen LogP contribution is -2.27. The highest BCUT2D eigenvalue weighted by molar-refractivity contribution is 5.76. The molecule has 2 aromatic rings. The van der Waals surface area contributed by atoms with E-state index in [1.807, 2.05) is 19.1 Å². The quantitative estimate of drug-likeness (QED) is 0.778. The van der Waals surface area contributed by atoms with Gasteiger partial charge in [-0.15, -0.1) is 0 Å². The number of aryl methyl sites for hydroxylation is 2. The van der Waals surface area contributed by atoms with Gasteiger partial charge in [0.2, 0.25) is 5.91 Å². The molecule has 3 heteroatoms. The summed E-state index contributed by atoms with van der Waals surface area (Å²) in [6.45, 7) is 6.65. The van der Waals surface area contributed by atoms with Crippen molar-refractivity contribution in [3.05, 3.63) is 65.2 Å². The molecule has 0 saturated carbocycles. The number of nitrogens with one attached hydrogen (secondary N) is 1. The van der Waals surface area contributed by atoms with E-state index < -0.39 is 0 Å². The number of benzene rings is 2. The predicted molar refractivity (Wildman–Crippen MR) is 98.3 cm³/mol. The summed E-state index contributed by atoms with van der Waals surface area (Å²) in [5, 5.41) is 3.02. The van der Waals surface area contributed by atoms with Crippen LogP contribution in [-0.4, -0.2) is 12.5 Å². The van der Waals surface area contributed by atoms with Gasteiger partial charge in [-0.1, -0.05) is 50.2 Å². The maximum absolute atomic E-state index is 12.0. The molecule has 0 fully saturated rings. The molecule has 0 spiro atoms. The minimum Gasteiger partial charge on any atom is -0.493 e. The molecule has 0 aliphatic rings. The Morgan fingerprint density at radius 1 is 0.958 bits per heavy atom.